The second kappa shape index (κ2) is 7.88. The monoisotopic (exact) mass is 249 g/mol. The lowest BCUT2D eigenvalue weighted by Gasteiger charge is -2.23. The molecule has 1 N–H and O–H groups in total. The van der Waals surface area contributed by atoms with E-state index in [0.29, 0.717) is 6.42 Å². The highest BCUT2D eigenvalue weighted by Gasteiger charge is 2.19. The van der Waals surface area contributed by atoms with Gasteiger partial charge in [-0.3, -0.25) is 9.69 Å². The molecule has 0 radical (unpaired) electrons. The Hall–Kier alpha value is -1.35. The summed E-state index contributed by atoms with van der Waals surface area (Å²) < 4.78 is 0. The molecule has 0 aliphatic carbocycles. The number of carboxylic acid groups (broad SMARTS) is 1. The van der Waals surface area contributed by atoms with E-state index in [1.165, 1.54) is 5.56 Å². The first-order valence-corrected chi connectivity index (χ1v) is 6.62. The van der Waals surface area contributed by atoms with Crippen LogP contribution in [0.25, 0.3) is 0 Å². The van der Waals surface area contributed by atoms with E-state index in [1.54, 1.807) is 0 Å². The highest BCUT2D eigenvalue weighted by molar-refractivity contribution is 5.73. The first-order valence-electron chi connectivity index (χ1n) is 6.62. The maximum Gasteiger partial charge on any atom is 0.320 e. The summed E-state index contributed by atoms with van der Waals surface area (Å²) in [6, 6.07) is 10.1. The van der Waals surface area contributed by atoms with Crippen LogP contribution >= 0.6 is 0 Å². The summed E-state index contributed by atoms with van der Waals surface area (Å²) in [6.45, 7) is 2.76. The highest BCUT2D eigenvalue weighted by atomic mass is 16.4. The van der Waals surface area contributed by atoms with Crippen LogP contribution in [0.15, 0.2) is 30.3 Å². The number of hydrogen-bond donors (Lipinski definition) is 1. The predicted octanol–water partition coefficient (Wildman–Crippen LogP) is 2.80. The Morgan fingerprint density at radius 3 is 2.50 bits per heavy atom. The van der Waals surface area contributed by atoms with Crippen molar-refractivity contribution in [3.05, 3.63) is 35.9 Å². The number of rotatable bonds is 8. The van der Waals surface area contributed by atoms with Crippen LogP contribution in [0.2, 0.25) is 0 Å². The third-order valence-corrected chi connectivity index (χ3v) is 3.27. The van der Waals surface area contributed by atoms with Gasteiger partial charge < -0.3 is 5.11 Å². The minimum atomic E-state index is -0.719. The standard InChI is InChI=1S/C15H23NO2/c1-3-14(15(17)18)16(2)12-8-7-11-13-9-5-4-6-10-13/h4-6,9-10,14H,3,7-8,11-12H2,1-2H3,(H,17,18). The second-order valence-electron chi connectivity index (χ2n) is 4.69. The largest absolute Gasteiger partial charge is 0.480 e. The van der Waals surface area contributed by atoms with Crippen molar-refractivity contribution >= 4 is 5.97 Å². The molecule has 100 valence electrons. The molecule has 0 spiro atoms. The average Bonchev–Trinajstić information content (AvgIpc) is 2.36. The molecule has 1 rings (SSSR count). The van der Waals surface area contributed by atoms with Gasteiger partial charge in [0.05, 0.1) is 0 Å². The maximum absolute atomic E-state index is 11.0. The van der Waals surface area contributed by atoms with E-state index in [-0.39, 0.29) is 6.04 Å². The molecule has 3 heteroatoms. The molecule has 18 heavy (non-hydrogen) atoms. The lowest BCUT2D eigenvalue weighted by atomic mass is 10.1. The molecule has 0 amide bonds. The number of unbranched alkanes of at least 4 members (excludes halogenated alkanes) is 1. The molecule has 0 aromatic heterocycles. The summed E-state index contributed by atoms with van der Waals surface area (Å²) in [5, 5.41) is 9.04. The fraction of sp³-hybridized carbons (Fsp3) is 0.533. The summed E-state index contributed by atoms with van der Waals surface area (Å²) in [5.41, 5.74) is 1.35. The lowest BCUT2D eigenvalue weighted by Crippen LogP contribution is -2.38. The number of hydrogen-bond acceptors (Lipinski definition) is 2. The Balaban J connectivity index is 2.23. The molecule has 1 atom stereocenters. The van der Waals surface area contributed by atoms with E-state index in [2.05, 4.69) is 24.3 Å². The SMILES string of the molecule is CCC(C(=O)O)N(C)CCCCc1ccccc1. The Kier molecular flexibility index (Phi) is 6.44. The van der Waals surface area contributed by atoms with Gasteiger partial charge in [0.25, 0.3) is 0 Å². The zero-order valence-corrected chi connectivity index (χ0v) is 11.3. The maximum atomic E-state index is 11.0. The van der Waals surface area contributed by atoms with Gasteiger partial charge in [-0.25, -0.2) is 0 Å². The van der Waals surface area contributed by atoms with Crippen molar-refractivity contribution in [1.29, 1.82) is 0 Å². The highest BCUT2D eigenvalue weighted by Crippen LogP contribution is 2.07. The smallest absolute Gasteiger partial charge is 0.320 e. The minimum Gasteiger partial charge on any atom is -0.480 e. The van der Waals surface area contributed by atoms with Gasteiger partial charge >= 0.3 is 5.97 Å². The Labute approximate surface area is 109 Å². The third kappa shape index (κ3) is 4.88. The predicted molar refractivity (Wildman–Crippen MR) is 73.7 cm³/mol. The summed E-state index contributed by atoms with van der Waals surface area (Å²) >= 11 is 0. The van der Waals surface area contributed by atoms with E-state index in [9.17, 15) is 4.79 Å². The van der Waals surface area contributed by atoms with Crippen molar-refractivity contribution in [2.75, 3.05) is 13.6 Å². The van der Waals surface area contributed by atoms with Crippen molar-refractivity contribution in [3.8, 4) is 0 Å². The van der Waals surface area contributed by atoms with Gasteiger partial charge in [-0.05, 0) is 44.8 Å². The molecule has 3 nitrogen and oxygen atoms in total. The van der Waals surface area contributed by atoms with E-state index in [0.717, 1.165) is 25.8 Å². The summed E-state index contributed by atoms with van der Waals surface area (Å²) in [7, 11) is 1.89. The van der Waals surface area contributed by atoms with E-state index < -0.39 is 5.97 Å². The van der Waals surface area contributed by atoms with Crippen molar-refractivity contribution in [2.45, 2.75) is 38.6 Å². The fourth-order valence-corrected chi connectivity index (χ4v) is 2.17. The van der Waals surface area contributed by atoms with Crippen LogP contribution in [0.5, 0.6) is 0 Å². The van der Waals surface area contributed by atoms with Gasteiger partial charge in [0.1, 0.15) is 6.04 Å². The van der Waals surface area contributed by atoms with Crippen LogP contribution in [0.3, 0.4) is 0 Å². The topological polar surface area (TPSA) is 40.5 Å². The molecule has 0 bridgehead atoms. The Morgan fingerprint density at radius 1 is 1.28 bits per heavy atom. The van der Waals surface area contributed by atoms with Crippen molar-refractivity contribution in [3.63, 3.8) is 0 Å². The van der Waals surface area contributed by atoms with Gasteiger partial charge in [-0.2, -0.15) is 0 Å². The number of benzene rings is 1. The molecule has 0 saturated heterocycles. The number of aryl methyl sites for hydroxylation is 1. The molecule has 1 aromatic carbocycles. The van der Waals surface area contributed by atoms with Gasteiger partial charge in [0.2, 0.25) is 0 Å². The van der Waals surface area contributed by atoms with Crippen molar-refractivity contribution < 1.29 is 9.90 Å². The molecular formula is C15H23NO2. The number of aliphatic carboxylic acids is 1. The molecule has 0 aliphatic heterocycles. The van der Waals surface area contributed by atoms with Gasteiger partial charge in [0, 0.05) is 0 Å². The van der Waals surface area contributed by atoms with Crippen molar-refractivity contribution in [1.82, 2.24) is 4.90 Å². The van der Waals surface area contributed by atoms with E-state index >= 15 is 0 Å². The number of carbonyl (C=O) groups is 1. The molecule has 1 unspecified atom stereocenters. The Morgan fingerprint density at radius 2 is 1.94 bits per heavy atom. The van der Waals surface area contributed by atoms with Crippen LogP contribution in [-0.4, -0.2) is 35.6 Å². The quantitative estimate of drug-likeness (QED) is 0.720. The van der Waals surface area contributed by atoms with Gasteiger partial charge in [-0.15, -0.1) is 0 Å². The van der Waals surface area contributed by atoms with Crippen LogP contribution in [0.1, 0.15) is 31.7 Å². The number of carboxylic acids is 1. The normalized spacial score (nSPS) is 12.6. The van der Waals surface area contributed by atoms with E-state index in [4.69, 9.17) is 5.11 Å². The average molecular weight is 249 g/mol. The second-order valence-corrected chi connectivity index (χ2v) is 4.69. The van der Waals surface area contributed by atoms with Crippen LogP contribution < -0.4 is 0 Å². The van der Waals surface area contributed by atoms with Crippen molar-refractivity contribution in [2.24, 2.45) is 0 Å². The molecule has 1 aromatic rings. The molecule has 0 saturated carbocycles. The Bertz CT molecular complexity index is 351. The summed E-state index contributed by atoms with van der Waals surface area (Å²) in [6.07, 6.45) is 3.86. The van der Waals surface area contributed by atoms with Gasteiger partial charge in [0.15, 0.2) is 0 Å². The summed E-state index contributed by atoms with van der Waals surface area (Å²) in [4.78, 5) is 12.9. The first kappa shape index (κ1) is 14.7. The zero-order valence-electron chi connectivity index (χ0n) is 11.3. The molecular weight excluding hydrogens is 226 g/mol. The lowest BCUT2D eigenvalue weighted by molar-refractivity contribution is -0.142. The van der Waals surface area contributed by atoms with Gasteiger partial charge in [-0.1, -0.05) is 37.3 Å². The third-order valence-electron chi connectivity index (χ3n) is 3.27. The molecule has 0 fully saturated rings. The van der Waals surface area contributed by atoms with E-state index in [1.807, 2.05) is 24.9 Å². The summed E-state index contributed by atoms with van der Waals surface area (Å²) in [5.74, 6) is -0.719. The number of likely N-dealkylation sites (N-methyl/N-ethyl adjacent to an activating group) is 1. The molecule has 0 aliphatic rings. The first-order chi connectivity index (χ1) is 8.65. The van der Waals surface area contributed by atoms with Crippen LogP contribution in [0.4, 0.5) is 0 Å². The van der Waals surface area contributed by atoms with Crippen LogP contribution in [0, 0.1) is 0 Å². The minimum absolute atomic E-state index is 0.346. The van der Waals surface area contributed by atoms with Crippen LogP contribution in [-0.2, 0) is 11.2 Å². The number of nitrogens with zero attached hydrogens (tertiary/aromatic N) is 1. The zero-order chi connectivity index (χ0) is 13.4. The fourth-order valence-electron chi connectivity index (χ4n) is 2.17. The molecule has 0 heterocycles.